The lowest BCUT2D eigenvalue weighted by Gasteiger charge is -2.26. The highest BCUT2D eigenvalue weighted by Crippen LogP contribution is 2.42. The number of nitrogens with zero attached hydrogens (tertiary/aromatic N) is 1. The van der Waals surface area contributed by atoms with Crippen LogP contribution in [0.2, 0.25) is 0 Å². The predicted molar refractivity (Wildman–Crippen MR) is 99.6 cm³/mol. The van der Waals surface area contributed by atoms with Gasteiger partial charge in [-0.3, -0.25) is 0 Å². The van der Waals surface area contributed by atoms with Crippen LogP contribution in [-0.4, -0.2) is 33.5 Å². The molecule has 0 aromatic heterocycles. The van der Waals surface area contributed by atoms with Crippen molar-refractivity contribution in [3.63, 3.8) is 0 Å². The smallest absolute Gasteiger partial charge is 0.244 e. The normalized spacial score (nSPS) is 18.3. The van der Waals surface area contributed by atoms with E-state index in [1.807, 2.05) is 12.1 Å². The first-order chi connectivity index (χ1) is 12.0. The Hall–Kier alpha value is -1.57. The van der Waals surface area contributed by atoms with E-state index in [1.54, 1.807) is 48.9 Å². The molecule has 1 unspecified atom stereocenters. The quantitative estimate of drug-likeness (QED) is 0.726. The number of benzene rings is 2. The summed E-state index contributed by atoms with van der Waals surface area (Å²) in [6, 6.07) is 12.2. The van der Waals surface area contributed by atoms with Crippen LogP contribution >= 0.6 is 15.9 Å². The second-order valence-electron chi connectivity index (χ2n) is 5.81. The minimum absolute atomic E-state index is 0.252. The van der Waals surface area contributed by atoms with Gasteiger partial charge in [0.1, 0.15) is 11.5 Å². The summed E-state index contributed by atoms with van der Waals surface area (Å²) in [5, 5.41) is 0. The van der Waals surface area contributed by atoms with Gasteiger partial charge in [-0.25, -0.2) is 8.42 Å². The molecule has 2 aromatic rings. The fourth-order valence-electron chi connectivity index (χ4n) is 3.21. The van der Waals surface area contributed by atoms with Gasteiger partial charge in [0.15, 0.2) is 0 Å². The Kier molecular flexibility index (Phi) is 5.36. The molecule has 7 heteroatoms. The van der Waals surface area contributed by atoms with Crippen molar-refractivity contribution in [3.05, 3.63) is 52.5 Å². The molecule has 0 saturated carbocycles. The lowest BCUT2D eigenvalue weighted by Crippen LogP contribution is -2.31. The SMILES string of the molecule is COc1ccc(C2CCCN2S(=O)(=O)c2ccccc2Br)c(OC)c1. The number of halogens is 1. The summed E-state index contributed by atoms with van der Waals surface area (Å²) in [6.07, 6.45) is 1.57. The van der Waals surface area contributed by atoms with Gasteiger partial charge in [0.05, 0.1) is 25.2 Å². The van der Waals surface area contributed by atoms with Gasteiger partial charge in [0.25, 0.3) is 0 Å². The van der Waals surface area contributed by atoms with Crippen LogP contribution in [0, 0.1) is 0 Å². The minimum atomic E-state index is -3.61. The number of hydrogen-bond donors (Lipinski definition) is 0. The molecule has 3 rings (SSSR count). The molecule has 0 amide bonds. The van der Waals surface area contributed by atoms with Crippen LogP contribution < -0.4 is 9.47 Å². The Morgan fingerprint density at radius 1 is 1.12 bits per heavy atom. The van der Waals surface area contributed by atoms with Crippen molar-refractivity contribution in [1.29, 1.82) is 0 Å². The molecule has 1 saturated heterocycles. The van der Waals surface area contributed by atoms with E-state index in [0.717, 1.165) is 18.4 Å². The van der Waals surface area contributed by atoms with Gasteiger partial charge in [-0.15, -0.1) is 0 Å². The van der Waals surface area contributed by atoms with Crippen LogP contribution in [0.3, 0.4) is 0 Å². The first-order valence-corrected chi connectivity index (χ1v) is 10.2. The van der Waals surface area contributed by atoms with Crippen LogP contribution in [0.15, 0.2) is 51.8 Å². The maximum absolute atomic E-state index is 13.2. The van der Waals surface area contributed by atoms with Crippen LogP contribution in [-0.2, 0) is 10.0 Å². The van der Waals surface area contributed by atoms with Crippen molar-refractivity contribution >= 4 is 26.0 Å². The molecule has 0 radical (unpaired) electrons. The number of rotatable bonds is 5. The highest BCUT2D eigenvalue weighted by Gasteiger charge is 2.38. The minimum Gasteiger partial charge on any atom is -0.497 e. The maximum Gasteiger partial charge on any atom is 0.244 e. The number of methoxy groups -OCH3 is 2. The predicted octanol–water partition coefficient (Wildman–Crippen LogP) is 3.99. The van der Waals surface area contributed by atoms with Crippen LogP contribution in [0.4, 0.5) is 0 Å². The second kappa shape index (κ2) is 7.35. The van der Waals surface area contributed by atoms with E-state index in [9.17, 15) is 8.42 Å². The second-order valence-corrected chi connectivity index (χ2v) is 8.53. The third kappa shape index (κ3) is 3.41. The lowest BCUT2D eigenvalue weighted by atomic mass is 10.0. The number of hydrogen-bond acceptors (Lipinski definition) is 4. The van der Waals surface area contributed by atoms with Crippen molar-refractivity contribution in [1.82, 2.24) is 4.31 Å². The molecule has 5 nitrogen and oxygen atoms in total. The molecule has 1 heterocycles. The van der Waals surface area contributed by atoms with Crippen LogP contribution in [0.5, 0.6) is 11.5 Å². The third-order valence-electron chi connectivity index (χ3n) is 4.43. The molecular formula is C18H20BrNO4S. The van der Waals surface area contributed by atoms with E-state index in [2.05, 4.69) is 15.9 Å². The monoisotopic (exact) mass is 425 g/mol. The lowest BCUT2D eigenvalue weighted by molar-refractivity contribution is 0.361. The number of ether oxygens (including phenoxy) is 2. The Morgan fingerprint density at radius 3 is 2.56 bits per heavy atom. The van der Waals surface area contributed by atoms with Crippen molar-refractivity contribution in [2.45, 2.75) is 23.8 Å². The van der Waals surface area contributed by atoms with Gasteiger partial charge in [-0.05, 0) is 47.0 Å². The van der Waals surface area contributed by atoms with E-state index < -0.39 is 10.0 Å². The third-order valence-corrected chi connectivity index (χ3v) is 7.35. The van der Waals surface area contributed by atoms with Crippen molar-refractivity contribution < 1.29 is 17.9 Å². The van der Waals surface area contributed by atoms with Crippen molar-refractivity contribution in [3.8, 4) is 11.5 Å². The Labute approximate surface area is 156 Å². The Balaban J connectivity index is 2.03. The summed E-state index contributed by atoms with van der Waals surface area (Å²) in [5.74, 6) is 1.32. The molecule has 1 aliphatic heterocycles. The van der Waals surface area contributed by atoms with Crippen LogP contribution in [0.25, 0.3) is 0 Å². The Bertz CT molecular complexity index is 869. The van der Waals surface area contributed by atoms with Gasteiger partial charge in [-0.1, -0.05) is 18.2 Å². The fourth-order valence-corrected chi connectivity index (χ4v) is 5.85. The summed E-state index contributed by atoms with van der Waals surface area (Å²) in [5.41, 5.74) is 0.858. The molecule has 134 valence electrons. The molecule has 0 N–H and O–H groups in total. The molecule has 0 bridgehead atoms. The van der Waals surface area contributed by atoms with Crippen molar-refractivity contribution in [2.24, 2.45) is 0 Å². The molecule has 1 fully saturated rings. The van der Waals surface area contributed by atoms with E-state index in [-0.39, 0.29) is 10.9 Å². The molecule has 1 aliphatic rings. The standard InChI is InChI=1S/C18H20BrNO4S/c1-23-13-9-10-14(17(12-13)24-2)16-7-5-11-20(16)25(21,22)18-8-4-3-6-15(18)19/h3-4,6,8-10,12,16H,5,7,11H2,1-2H3. The average molecular weight is 426 g/mol. The summed E-state index contributed by atoms with van der Waals surface area (Å²) >= 11 is 3.36. The molecule has 25 heavy (non-hydrogen) atoms. The summed E-state index contributed by atoms with van der Waals surface area (Å²) < 4.78 is 39.2. The summed E-state index contributed by atoms with van der Waals surface area (Å²) in [7, 11) is -0.434. The van der Waals surface area contributed by atoms with Gasteiger partial charge in [0.2, 0.25) is 10.0 Å². The van der Waals surface area contributed by atoms with E-state index in [1.165, 1.54) is 0 Å². The largest absolute Gasteiger partial charge is 0.497 e. The zero-order valence-electron chi connectivity index (χ0n) is 14.1. The average Bonchev–Trinajstić information content (AvgIpc) is 3.11. The fraction of sp³-hybridized carbons (Fsp3) is 0.333. The molecule has 1 atom stereocenters. The van der Waals surface area contributed by atoms with Gasteiger partial charge < -0.3 is 9.47 Å². The zero-order valence-corrected chi connectivity index (χ0v) is 16.5. The van der Waals surface area contributed by atoms with Gasteiger partial charge in [-0.2, -0.15) is 4.31 Å². The van der Waals surface area contributed by atoms with Crippen LogP contribution in [0.1, 0.15) is 24.4 Å². The van der Waals surface area contributed by atoms with E-state index in [0.29, 0.717) is 22.5 Å². The topological polar surface area (TPSA) is 55.8 Å². The zero-order chi connectivity index (χ0) is 18.0. The molecule has 2 aromatic carbocycles. The highest BCUT2D eigenvalue weighted by atomic mass is 79.9. The maximum atomic E-state index is 13.2. The van der Waals surface area contributed by atoms with E-state index in [4.69, 9.17) is 9.47 Å². The first-order valence-electron chi connectivity index (χ1n) is 7.97. The Morgan fingerprint density at radius 2 is 1.88 bits per heavy atom. The van der Waals surface area contributed by atoms with E-state index >= 15 is 0 Å². The summed E-state index contributed by atoms with van der Waals surface area (Å²) in [6.45, 7) is 0.490. The van der Waals surface area contributed by atoms with Crippen molar-refractivity contribution in [2.75, 3.05) is 20.8 Å². The number of sulfonamides is 1. The molecule has 0 spiro atoms. The highest BCUT2D eigenvalue weighted by molar-refractivity contribution is 9.10. The summed E-state index contributed by atoms with van der Waals surface area (Å²) in [4.78, 5) is 0.286. The molecule has 0 aliphatic carbocycles. The van der Waals surface area contributed by atoms with Gasteiger partial charge >= 0.3 is 0 Å². The first kappa shape index (κ1) is 18.2. The van der Waals surface area contributed by atoms with Gasteiger partial charge in [0, 0.05) is 22.6 Å². The molecular weight excluding hydrogens is 406 g/mol.